The SMILES string of the molecule is Cc1cc(O)c(-c2ccccc2P(=O)(C(C)C)C(C)C)cc1C. The minimum absolute atomic E-state index is 0.0670. The Hall–Kier alpha value is -1.53. The molecule has 3 heteroatoms. The fourth-order valence-corrected chi connectivity index (χ4v) is 6.37. The fourth-order valence-electron chi connectivity index (χ4n) is 3.18. The molecule has 0 heterocycles. The molecule has 0 radical (unpaired) electrons. The number of phenolic OH excluding ortho intramolecular Hbond substituents is 1. The molecule has 2 nitrogen and oxygen atoms in total. The Morgan fingerprint density at radius 3 is 1.96 bits per heavy atom. The van der Waals surface area contributed by atoms with E-state index in [2.05, 4.69) is 0 Å². The van der Waals surface area contributed by atoms with Crippen molar-refractivity contribution in [3.05, 3.63) is 47.5 Å². The topological polar surface area (TPSA) is 37.3 Å². The molecule has 0 aliphatic carbocycles. The highest BCUT2D eigenvalue weighted by Crippen LogP contribution is 2.55. The number of hydrogen-bond acceptors (Lipinski definition) is 2. The molecule has 0 aliphatic rings. The van der Waals surface area contributed by atoms with Gasteiger partial charge in [-0.15, -0.1) is 0 Å². The van der Waals surface area contributed by atoms with E-state index in [0.717, 1.165) is 27.6 Å². The molecule has 0 bridgehead atoms. The van der Waals surface area contributed by atoms with Crippen molar-refractivity contribution in [2.45, 2.75) is 52.9 Å². The third kappa shape index (κ3) is 3.10. The van der Waals surface area contributed by atoms with Crippen LogP contribution in [0.25, 0.3) is 11.1 Å². The van der Waals surface area contributed by atoms with Gasteiger partial charge >= 0.3 is 0 Å². The minimum Gasteiger partial charge on any atom is -0.507 e. The van der Waals surface area contributed by atoms with Crippen molar-refractivity contribution in [1.29, 1.82) is 0 Å². The third-order valence-electron chi connectivity index (χ3n) is 4.72. The maximum absolute atomic E-state index is 13.8. The van der Waals surface area contributed by atoms with E-state index in [-0.39, 0.29) is 17.1 Å². The summed E-state index contributed by atoms with van der Waals surface area (Å²) < 4.78 is 13.8. The largest absolute Gasteiger partial charge is 0.507 e. The van der Waals surface area contributed by atoms with E-state index in [9.17, 15) is 9.67 Å². The number of rotatable bonds is 4. The van der Waals surface area contributed by atoms with Gasteiger partial charge in [0.2, 0.25) is 0 Å². The summed E-state index contributed by atoms with van der Waals surface area (Å²) >= 11 is 0. The molecule has 0 fully saturated rings. The standard InChI is InChI=1S/C20H27O2P/c1-13(2)23(22,14(3)4)20-10-8-7-9-17(20)18-11-15(5)16(6)12-19(18)21/h7-14,21H,1-6H3. The van der Waals surface area contributed by atoms with Gasteiger partial charge in [0.05, 0.1) is 0 Å². The molecule has 0 aliphatic heterocycles. The molecule has 23 heavy (non-hydrogen) atoms. The number of aromatic hydroxyl groups is 1. The van der Waals surface area contributed by atoms with Crippen molar-refractivity contribution >= 4 is 12.4 Å². The molecule has 2 aromatic carbocycles. The highest BCUT2D eigenvalue weighted by molar-refractivity contribution is 7.73. The highest BCUT2D eigenvalue weighted by atomic mass is 31.2. The van der Waals surface area contributed by atoms with Crippen LogP contribution in [0.3, 0.4) is 0 Å². The fraction of sp³-hybridized carbons (Fsp3) is 0.400. The van der Waals surface area contributed by atoms with Crippen LogP contribution in [0.1, 0.15) is 38.8 Å². The first kappa shape index (κ1) is 17.8. The Bertz CT molecular complexity index is 748. The smallest absolute Gasteiger partial charge is 0.123 e. The van der Waals surface area contributed by atoms with Crippen molar-refractivity contribution in [2.24, 2.45) is 0 Å². The van der Waals surface area contributed by atoms with Gasteiger partial charge in [0, 0.05) is 22.2 Å². The predicted molar refractivity (Wildman–Crippen MR) is 101 cm³/mol. The molecule has 0 amide bonds. The zero-order valence-corrected chi connectivity index (χ0v) is 15.8. The summed E-state index contributed by atoms with van der Waals surface area (Å²) in [5.74, 6) is 0.250. The van der Waals surface area contributed by atoms with Crippen molar-refractivity contribution in [1.82, 2.24) is 0 Å². The van der Waals surface area contributed by atoms with E-state index in [0.29, 0.717) is 0 Å². The van der Waals surface area contributed by atoms with E-state index in [1.165, 1.54) is 0 Å². The van der Waals surface area contributed by atoms with Gasteiger partial charge in [0.15, 0.2) is 0 Å². The first-order valence-corrected chi connectivity index (χ1v) is 10.0. The molecule has 0 saturated heterocycles. The molecular weight excluding hydrogens is 303 g/mol. The Morgan fingerprint density at radius 2 is 1.39 bits per heavy atom. The lowest BCUT2D eigenvalue weighted by Crippen LogP contribution is -2.21. The monoisotopic (exact) mass is 330 g/mol. The molecule has 1 N–H and O–H groups in total. The van der Waals surface area contributed by atoms with Gasteiger partial charge in [-0.2, -0.15) is 0 Å². The second kappa shape index (κ2) is 6.53. The van der Waals surface area contributed by atoms with Crippen LogP contribution < -0.4 is 5.30 Å². The Balaban J connectivity index is 2.78. The van der Waals surface area contributed by atoms with Crippen LogP contribution in [-0.2, 0) is 4.57 Å². The number of phenols is 1. The van der Waals surface area contributed by atoms with E-state index in [4.69, 9.17) is 0 Å². The Kier molecular flexibility index (Phi) is 5.06. The summed E-state index contributed by atoms with van der Waals surface area (Å²) in [4.78, 5) is 0. The zero-order chi connectivity index (χ0) is 17.4. The molecule has 0 saturated carbocycles. The van der Waals surface area contributed by atoms with E-state index in [1.807, 2.05) is 71.9 Å². The summed E-state index contributed by atoms with van der Waals surface area (Å²) in [6.07, 6.45) is 0. The molecule has 0 aromatic heterocycles. The van der Waals surface area contributed by atoms with E-state index < -0.39 is 7.14 Å². The van der Waals surface area contributed by atoms with Gasteiger partial charge in [0.25, 0.3) is 0 Å². The average molecular weight is 330 g/mol. The van der Waals surface area contributed by atoms with Crippen molar-refractivity contribution in [2.75, 3.05) is 0 Å². The summed E-state index contributed by atoms with van der Waals surface area (Å²) in [6.45, 7) is 12.1. The van der Waals surface area contributed by atoms with Gasteiger partial charge < -0.3 is 9.67 Å². The number of hydrogen-bond donors (Lipinski definition) is 1. The van der Waals surface area contributed by atoms with Crippen molar-refractivity contribution in [3.63, 3.8) is 0 Å². The predicted octanol–water partition coefficient (Wildman–Crippen LogP) is 5.48. The molecular formula is C20H27O2P. The minimum atomic E-state index is -2.58. The molecule has 2 rings (SSSR count). The van der Waals surface area contributed by atoms with Gasteiger partial charge in [-0.25, -0.2) is 0 Å². The highest BCUT2D eigenvalue weighted by Gasteiger charge is 2.34. The normalized spacial score (nSPS) is 12.2. The Labute approximate surface area is 139 Å². The summed E-state index contributed by atoms with van der Waals surface area (Å²) in [5, 5.41) is 11.3. The summed E-state index contributed by atoms with van der Waals surface area (Å²) in [5.41, 5.74) is 3.97. The average Bonchev–Trinajstić information content (AvgIpc) is 2.49. The lowest BCUT2D eigenvalue weighted by atomic mass is 9.99. The van der Waals surface area contributed by atoms with Crippen molar-refractivity contribution < 1.29 is 9.67 Å². The van der Waals surface area contributed by atoms with Crippen LogP contribution in [0, 0.1) is 13.8 Å². The molecule has 0 unspecified atom stereocenters. The van der Waals surface area contributed by atoms with E-state index >= 15 is 0 Å². The quantitative estimate of drug-likeness (QED) is 0.754. The molecule has 2 aromatic rings. The van der Waals surface area contributed by atoms with Crippen LogP contribution in [0.5, 0.6) is 5.75 Å². The second-order valence-corrected chi connectivity index (χ2v) is 10.8. The lowest BCUT2D eigenvalue weighted by molar-refractivity contribution is 0.477. The zero-order valence-electron chi connectivity index (χ0n) is 14.9. The Morgan fingerprint density at radius 1 is 0.870 bits per heavy atom. The number of aryl methyl sites for hydroxylation is 2. The van der Waals surface area contributed by atoms with Gasteiger partial charge in [-0.05, 0) is 42.7 Å². The van der Waals surface area contributed by atoms with Crippen molar-refractivity contribution in [3.8, 4) is 16.9 Å². The van der Waals surface area contributed by atoms with Crippen LogP contribution in [0.2, 0.25) is 0 Å². The first-order chi connectivity index (χ1) is 10.7. The third-order valence-corrected chi connectivity index (χ3v) is 8.93. The van der Waals surface area contributed by atoms with Gasteiger partial charge in [0.1, 0.15) is 12.9 Å². The molecule has 0 spiro atoms. The summed E-state index contributed by atoms with van der Waals surface area (Å²) in [6, 6.07) is 11.6. The molecule has 0 atom stereocenters. The lowest BCUT2D eigenvalue weighted by Gasteiger charge is -2.29. The molecule has 124 valence electrons. The van der Waals surface area contributed by atoms with E-state index in [1.54, 1.807) is 6.07 Å². The first-order valence-electron chi connectivity index (χ1n) is 8.19. The second-order valence-electron chi connectivity index (χ2n) is 6.87. The van der Waals surface area contributed by atoms with Crippen LogP contribution in [0.15, 0.2) is 36.4 Å². The summed E-state index contributed by atoms with van der Waals surface area (Å²) in [7, 11) is -2.58. The van der Waals surface area contributed by atoms with Crippen LogP contribution in [-0.4, -0.2) is 16.4 Å². The van der Waals surface area contributed by atoms with Gasteiger partial charge in [-0.3, -0.25) is 0 Å². The maximum Gasteiger partial charge on any atom is 0.123 e. The van der Waals surface area contributed by atoms with Crippen LogP contribution in [0.4, 0.5) is 0 Å². The maximum atomic E-state index is 13.8. The van der Waals surface area contributed by atoms with Gasteiger partial charge in [-0.1, -0.05) is 52.0 Å². The number of benzene rings is 2. The van der Waals surface area contributed by atoms with Crippen LogP contribution >= 0.6 is 7.14 Å².